The molecule has 1 aromatic rings. The molecular formula is C13H22N2O2. The van der Waals surface area contributed by atoms with Crippen LogP contribution in [0, 0.1) is 5.92 Å². The molecule has 1 heterocycles. The van der Waals surface area contributed by atoms with Crippen LogP contribution >= 0.6 is 0 Å². The van der Waals surface area contributed by atoms with Gasteiger partial charge in [0.05, 0.1) is 6.10 Å². The maximum absolute atomic E-state index is 11.3. The zero-order valence-corrected chi connectivity index (χ0v) is 10.8. The van der Waals surface area contributed by atoms with E-state index in [2.05, 4.69) is 5.32 Å². The molecule has 0 spiro atoms. The molecule has 96 valence electrons. The minimum Gasteiger partial charge on any atom is -0.388 e. The standard InChI is InChI=1S/C13H22N2O2/c1-4-14-12(16)6-8-15-7-5-11(9-15)13(17)10(2)3/h5,7,9-10,13,17H,4,6,8H2,1-3H3,(H,14,16). The number of aromatic nitrogens is 1. The van der Waals surface area contributed by atoms with E-state index in [0.717, 1.165) is 5.56 Å². The van der Waals surface area contributed by atoms with E-state index in [1.54, 1.807) is 0 Å². The Morgan fingerprint density at radius 2 is 2.24 bits per heavy atom. The fraction of sp³-hybridized carbons (Fsp3) is 0.615. The van der Waals surface area contributed by atoms with E-state index < -0.39 is 6.10 Å². The van der Waals surface area contributed by atoms with Crippen LogP contribution in [0.2, 0.25) is 0 Å². The van der Waals surface area contributed by atoms with E-state index in [4.69, 9.17) is 0 Å². The number of amides is 1. The van der Waals surface area contributed by atoms with Crippen LogP contribution < -0.4 is 5.32 Å². The molecule has 1 amide bonds. The SMILES string of the molecule is CCNC(=O)CCn1ccc(C(O)C(C)C)c1. The summed E-state index contributed by atoms with van der Waals surface area (Å²) in [6.07, 6.45) is 3.85. The molecular weight excluding hydrogens is 216 g/mol. The number of aliphatic hydroxyl groups is 1. The van der Waals surface area contributed by atoms with Crippen molar-refractivity contribution in [2.75, 3.05) is 6.54 Å². The van der Waals surface area contributed by atoms with Crippen molar-refractivity contribution >= 4 is 5.91 Å². The van der Waals surface area contributed by atoms with E-state index >= 15 is 0 Å². The molecule has 0 radical (unpaired) electrons. The number of hydrogen-bond donors (Lipinski definition) is 2. The molecule has 0 bridgehead atoms. The largest absolute Gasteiger partial charge is 0.388 e. The second kappa shape index (κ2) is 6.45. The molecule has 1 atom stereocenters. The highest BCUT2D eigenvalue weighted by molar-refractivity contribution is 5.75. The first kappa shape index (κ1) is 13.8. The quantitative estimate of drug-likeness (QED) is 0.792. The highest BCUT2D eigenvalue weighted by Crippen LogP contribution is 2.21. The molecule has 0 fully saturated rings. The number of rotatable bonds is 6. The summed E-state index contributed by atoms with van der Waals surface area (Å²) in [5, 5.41) is 12.6. The molecule has 0 aliphatic rings. The van der Waals surface area contributed by atoms with Gasteiger partial charge in [-0.15, -0.1) is 0 Å². The molecule has 0 saturated heterocycles. The van der Waals surface area contributed by atoms with Crippen LogP contribution in [0.4, 0.5) is 0 Å². The number of aryl methyl sites for hydroxylation is 1. The minimum atomic E-state index is -0.430. The highest BCUT2D eigenvalue weighted by atomic mass is 16.3. The lowest BCUT2D eigenvalue weighted by molar-refractivity contribution is -0.121. The zero-order chi connectivity index (χ0) is 12.8. The first-order chi connectivity index (χ1) is 8.04. The Hall–Kier alpha value is -1.29. The van der Waals surface area contributed by atoms with Crippen LogP contribution in [0.3, 0.4) is 0 Å². The van der Waals surface area contributed by atoms with E-state index in [0.29, 0.717) is 19.5 Å². The van der Waals surface area contributed by atoms with Gasteiger partial charge in [-0.3, -0.25) is 4.79 Å². The summed E-state index contributed by atoms with van der Waals surface area (Å²) < 4.78 is 1.94. The maximum Gasteiger partial charge on any atom is 0.221 e. The second-order valence-corrected chi connectivity index (χ2v) is 4.58. The Kier molecular flexibility index (Phi) is 5.22. The van der Waals surface area contributed by atoms with Gasteiger partial charge in [0.1, 0.15) is 0 Å². The summed E-state index contributed by atoms with van der Waals surface area (Å²) in [6.45, 7) is 7.19. The second-order valence-electron chi connectivity index (χ2n) is 4.58. The van der Waals surface area contributed by atoms with Gasteiger partial charge in [-0.05, 0) is 24.5 Å². The first-order valence-corrected chi connectivity index (χ1v) is 6.15. The van der Waals surface area contributed by atoms with Crippen LogP contribution in [-0.2, 0) is 11.3 Å². The number of hydrogen-bond acceptors (Lipinski definition) is 2. The van der Waals surface area contributed by atoms with Crippen molar-refractivity contribution in [3.8, 4) is 0 Å². The topological polar surface area (TPSA) is 54.3 Å². The molecule has 4 nitrogen and oxygen atoms in total. The van der Waals surface area contributed by atoms with Gasteiger partial charge in [0.2, 0.25) is 5.91 Å². The minimum absolute atomic E-state index is 0.0622. The predicted molar refractivity (Wildman–Crippen MR) is 67.5 cm³/mol. The van der Waals surface area contributed by atoms with Crippen LogP contribution in [0.25, 0.3) is 0 Å². The van der Waals surface area contributed by atoms with Gasteiger partial charge in [0, 0.05) is 31.9 Å². The van der Waals surface area contributed by atoms with Crippen LogP contribution in [0.5, 0.6) is 0 Å². The smallest absolute Gasteiger partial charge is 0.221 e. The summed E-state index contributed by atoms with van der Waals surface area (Å²) >= 11 is 0. The van der Waals surface area contributed by atoms with Crippen molar-refractivity contribution in [3.05, 3.63) is 24.0 Å². The van der Waals surface area contributed by atoms with E-state index in [-0.39, 0.29) is 11.8 Å². The summed E-state index contributed by atoms with van der Waals surface area (Å²) in [5.74, 6) is 0.265. The van der Waals surface area contributed by atoms with Crippen molar-refractivity contribution in [1.82, 2.24) is 9.88 Å². The van der Waals surface area contributed by atoms with E-state index in [1.165, 1.54) is 0 Å². The van der Waals surface area contributed by atoms with Crippen molar-refractivity contribution in [2.45, 2.75) is 39.8 Å². The van der Waals surface area contributed by atoms with Gasteiger partial charge in [0.15, 0.2) is 0 Å². The molecule has 1 aromatic heterocycles. The number of carbonyl (C=O) groups is 1. The van der Waals surface area contributed by atoms with E-state index in [1.807, 2.05) is 43.8 Å². The third-order valence-corrected chi connectivity index (χ3v) is 2.72. The van der Waals surface area contributed by atoms with Crippen molar-refractivity contribution in [1.29, 1.82) is 0 Å². The zero-order valence-electron chi connectivity index (χ0n) is 10.8. The van der Waals surface area contributed by atoms with Crippen molar-refractivity contribution < 1.29 is 9.90 Å². The lowest BCUT2D eigenvalue weighted by atomic mass is 10.0. The average Bonchev–Trinajstić information content (AvgIpc) is 2.74. The maximum atomic E-state index is 11.3. The summed E-state index contributed by atoms with van der Waals surface area (Å²) in [7, 11) is 0. The predicted octanol–water partition coefficient (Wildman–Crippen LogP) is 1.70. The van der Waals surface area contributed by atoms with Gasteiger partial charge in [-0.1, -0.05) is 13.8 Å². The normalized spacial score (nSPS) is 12.8. The molecule has 0 aliphatic carbocycles. The summed E-state index contributed by atoms with van der Waals surface area (Å²) in [4.78, 5) is 11.3. The van der Waals surface area contributed by atoms with Gasteiger partial charge in [0.25, 0.3) is 0 Å². The number of nitrogens with one attached hydrogen (secondary N) is 1. The highest BCUT2D eigenvalue weighted by Gasteiger charge is 2.13. The van der Waals surface area contributed by atoms with Gasteiger partial charge >= 0.3 is 0 Å². The molecule has 2 N–H and O–H groups in total. The van der Waals surface area contributed by atoms with Crippen LogP contribution in [-0.4, -0.2) is 22.1 Å². The molecule has 0 aromatic carbocycles. The molecule has 0 saturated carbocycles. The number of nitrogens with zero attached hydrogens (tertiary/aromatic N) is 1. The Morgan fingerprint density at radius 1 is 1.53 bits per heavy atom. The lowest BCUT2D eigenvalue weighted by Crippen LogP contribution is -2.23. The molecule has 1 unspecified atom stereocenters. The Labute approximate surface area is 103 Å². The third-order valence-electron chi connectivity index (χ3n) is 2.72. The Balaban J connectivity index is 2.48. The molecule has 1 rings (SSSR count). The van der Waals surface area contributed by atoms with Crippen LogP contribution in [0.1, 0.15) is 38.9 Å². The van der Waals surface area contributed by atoms with Gasteiger partial charge in [-0.25, -0.2) is 0 Å². The Bertz CT molecular complexity index is 358. The monoisotopic (exact) mass is 238 g/mol. The third kappa shape index (κ3) is 4.23. The molecule has 0 aliphatic heterocycles. The van der Waals surface area contributed by atoms with Gasteiger partial charge in [-0.2, -0.15) is 0 Å². The lowest BCUT2D eigenvalue weighted by Gasteiger charge is -2.12. The van der Waals surface area contributed by atoms with Gasteiger partial charge < -0.3 is 15.0 Å². The van der Waals surface area contributed by atoms with E-state index in [9.17, 15) is 9.90 Å². The average molecular weight is 238 g/mol. The molecule has 4 heteroatoms. The Morgan fingerprint density at radius 3 is 2.82 bits per heavy atom. The number of carbonyl (C=O) groups excluding carboxylic acids is 1. The first-order valence-electron chi connectivity index (χ1n) is 6.15. The fourth-order valence-corrected chi connectivity index (χ4v) is 1.67. The fourth-order valence-electron chi connectivity index (χ4n) is 1.67. The van der Waals surface area contributed by atoms with Crippen molar-refractivity contribution in [3.63, 3.8) is 0 Å². The summed E-state index contributed by atoms with van der Waals surface area (Å²) in [6, 6.07) is 1.91. The van der Waals surface area contributed by atoms with Crippen molar-refractivity contribution in [2.24, 2.45) is 5.92 Å². The van der Waals surface area contributed by atoms with Crippen LogP contribution in [0.15, 0.2) is 18.5 Å². The number of aliphatic hydroxyl groups excluding tert-OH is 1. The molecule has 17 heavy (non-hydrogen) atoms. The summed E-state index contributed by atoms with van der Waals surface area (Å²) in [5.41, 5.74) is 0.913.